The van der Waals surface area contributed by atoms with E-state index in [1.54, 1.807) is 0 Å². The van der Waals surface area contributed by atoms with Crippen LogP contribution in [0.5, 0.6) is 0 Å². The van der Waals surface area contributed by atoms with E-state index in [4.69, 9.17) is 0 Å². The zero-order valence-electron chi connectivity index (χ0n) is 7.59. The van der Waals surface area contributed by atoms with Crippen molar-refractivity contribution in [1.29, 1.82) is 0 Å². The molecule has 0 aromatic carbocycles. The summed E-state index contributed by atoms with van der Waals surface area (Å²) in [5.74, 6) is 0. The Morgan fingerprint density at radius 2 is 2.00 bits per heavy atom. The highest BCUT2D eigenvalue weighted by Gasteiger charge is 2.33. The molecule has 0 radical (unpaired) electrons. The molecule has 0 spiro atoms. The van der Waals surface area contributed by atoms with Crippen molar-refractivity contribution in [3.05, 3.63) is 28.5 Å². The van der Waals surface area contributed by atoms with Crippen LogP contribution in [0.2, 0.25) is 0 Å². The highest BCUT2D eigenvalue weighted by atomic mass is 79.9. The van der Waals surface area contributed by atoms with E-state index in [1.807, 2.05) is 0 Å². The summed E-state index contributed by atoms with van der Waals surface area (Å²) in [6.45, 7) is 0. The van der Waals surface area contributed by atoms with Gasteiger partial charge in [-0.05, 0) is 28.1 Å². The second-order valence-electron chi connectivity index (χ2n) is 2.88. The lowest BCUT2D eigenvalue weighted by molar-refractivity contribution is -0.141. The molecule has 16 heavy (non-hydrogen) atoms. The van der Waals surface area contributed by atoms with Gasteiger partial charge in [-0.3, -0.25) is 0 Å². The van der Waals surface area contributed by atoms with E-state index in [0.717, 1.165) is 6.07 Å². The number of hydrogen-bond acceptors (Lipinski definition) is 3. The standard InChI is InChI=1S/C8H4BrF3N4/c9-4-1-2-6(8(10,11)12)14-7(4)5-3-13-16-15-5/h1-3H,(H,13,15,16). The average molecular weight is 293 g/mol. The molecule has 0 fully saturated rings. The normalized spacial score (nSPS) is 11.8. The highest BCUT2D eigenvalue weighted by Crippen LogP contribution is 2.32. The molecule has 0 saturated carbocycles. The Kier molecular flexibility index (Phi) is 2.66. The molecule has 0 bridgehead atoms. The van der Waals surface area contributed by atoms with Crippen LogP contribution < -0.4 is 0 Å². The molecule has 0 saturated heterocycles. The summed E-state index contributed by atoms with van der Waals surface area (Å²) < 4.78 is 37.7. The van der Waals surface area contributed by atoms with Crippen molar-refractivity contribution >= 4 is 15.9 Å². The van der Waals surface area contributed by atoms with Gasteiger partial charge in [0.2, 0.25) is 0 Å². The first-order chi connectivity index (χ1) is 7.48. The van der Waals surface area contributed by atoms with Gasteiger partial charge in [0.1, 0.15) is 17.1 Å². The third-order valence-corrected chi connectivity index (χ3v) is 2.43. The maximum Gasteiger partial charge on any atom is 0.433 e. The fraction of sp³-hybridized carbons (Fsp3) is 0.125. The molecule has 0 unspecified atom stereocenters. The van der Waals surface area contributed by atoms with E-state index in [-0.39, 0.29) is 11.4 Å². The van der Waals surface area contributed by atoms with Gasteiger partial charge in [-0.15, -0.1) is 0 Å². The number of nitrogens with one attached hydrogen (secondary N) is 1. The minimum atomic E-state index is -4.47. The number of pyridine rings is 1. The first kappa shape index (κ1) is 11.1. The van der Waals surface area contributed by atoms with E-state index in [0.29, 0.717) is 4.47 Å². The van der Waals surface area contributed by atoms with Crippen LogP contribution in [0.1, 0.15) is 5.69 Å². The van der Waals surface area contributed by atoms with Gasteiger partial charge in [-0.1, -0.05) is 0 Å². The predicted octanol–water partition coefficient (Wildman–Crippen LogP) is 2.65. The zero-order chi connectivity index (χ0) is 11.8. The molecule has 1 N–H and O–H groups in total. The molecule has 0 amide bonds. The zero-order valence-corrected chi connectivity index (χ0v) is 9.17. The van der Waals surface area contributed by atoms with Gasteiger partial charge < -0.3 is 0 Å². The number of aromatic amines is 1. The summed E-state index contributed by atoms with van der Waals surface area (Å²) in [5, 5.41) is 9.50. The molecule has 2 aromatic rings. The first-order valence-corrected chi connectivity index (χ1v) is 4.87. The Hall–Kier alpha value is -1.44. The maximum atomic E-state index is 12.4. The van der Waals surface area contributed by atoms with E-state index in [1.165, 1.54) is 12.3 Å². The van der Waals surface area contributed by atoms with Crippen LogP contribution in [-0.4, -0.2) is 20.4 Å². The van der Waals surface area contributed by atoms with Crippen LogP contribution in [0.15, 0.2) is 22.8 Å². The van der Waals surface area contributed by atoms with E-state index < -0.39 is 11.9 Å². The molecule has 0 atom stereocenters. The summed E-state index contributed by atoms with van der Waals surface area (Å²) in [6, 6.07) is 2.17. The lowest BCUT2D eigenvalue weighted by atomic mass is 10.2. The van der Waals surface area contributed by atoms with Crippen molar-refractivity contribution in [2.24, 2.45) is 0 Å². The first-order valence-electron chi connectivity index (χ1n) is 4.08. The Morgan fingerprint density at radius 1 is 1.25 bits per heavy atom. The van der Waals surface area contributed by atoms with Gasteiger partial charge in [0, 0.05) is 4.47 Å². The molecule has 84 valence electrons. The van der Waals surface area contributed by atoms with Gasteiger partial charge in [0.05, 0.1) is 6.20 Å². The van der Waals surface area contributed by atoms with Gasteiger partial charge in [0.15, 0.2) is 0 Å². The minimum Gasteiger partial charge on any atom is -0.240 e. The number of rotatable bonds is 1. The molecule has 2 aromatic heterocycles. The van der Waals surface area contributed by atoms with E-state index >= 15 is 0 Å². The van der Waals surface area contributed by atoms with Crippen molar-refractivity contribution in [1.82, 2.24) is 20.4 Å². The Balaban J connectivity index is 2.54. The van der Waals surface area contributed by atoms with Gasteiger partial charge in [-0.2, -0.15) is 28.6 Å². The molecule has 0 aliphatic heterocycles. The monoisotopic (exact) mass is 292 g/mol. The van der Waals surface area contributed by atoms with Crippen LogP contribution in [0.4, 0.5) is 13.2 Å². The number of hydrogen-bond donors (Lipinski definition) is 1. The summed E-state index contributed by atoms with van der Waals surface area (Å²) in [5.41, 5.74) is -0.616. The van der Waals surface area contributed by atoms with Crippen molar-refractivity contribution in [2.75, 3.05) is 0 Å². The molecule has 0 aliphatic rings. The second kappa shape index (κ2) is 3.85. The molecule has 0 aliphatic carbocycles. The van der Waals surface area contributed by atoms with Crippen LogP contribution in [-0.2, 0) is 6.18 Å². The Labute approximate surface area is 96.0 Å². The van der Waals surface area contributed by atoms with Crippen LogP contribution in [0.25, 0.3) is 11.4 Å². The molecule has 4 nitrogen and oxygen atoms in total. The fourth-order valence-electron chi connectivity index (χ4n) is 1.10. The quantitative estimate of drug-likeness (QED) is 0.879. The third kappa shape index (κ3) is 2.06. The maximum absolute atomic E-state index is 12.4. The Bertz CT molecular complexity index is 494. The predicted molar refractivity (Wildman–Crippen MR) is 52.3 cm³/mol. The van der Waals surface area contributed by atoms with Crippen LogP contribution >= 0.6 is 15.9 Å². The molecule has 2 rings (SSSR count). The van der Waals surface area contributed by atoms with E-state index in [9.17, 15) is 13.2 Å². The van der Waals surface area contributed by atoms with Crippen molar-refractivity contribution in [2.45, 2.75) is 6.18 Å². The largest absolute Gasteiger partial charge is 0.433 e. The molecule has 2 heterocycles. The van der Waals surface area contributed by atoms with Crippen molar-refractivity contribution in [3.8, 4) is 11.4 Å². The Morgan fingerprint density at radius 3 is 2.56 bits per heavy atom. The van der Waals surface area contributed by atoms with Gasteiger partial charge in [-0.25, -0.2) is 4.98 Å². The number of nitrogens with zero attached hydrogens (tertiary/aromatic N) is 3. The second-order valence-corrected chi connectivity index (χ2v) is 3.73. The topological polar surface area (TPSA) is 54.5 Å². The summed E-state index contributed by atoms with van der Waals surface area (Å²) in [7, 11) is 0. The van der Waals surface area contributed by atoms with Gasteiger partial charge >= 0.3 is 6.18 Å². The number of aromatic nitrogens is 4. The highest BCUT2D eigenvalue weighted by molar-refractivity contribution is 9.10. The van der Waals surface area contributed by atoms with Gasteiger partial charge in [0.25, 0.3) is 0 Å². The number of alkyl halides is 3. The number of H-pyrrole nitrogens is 1. The average Bonchev–Trinajstić information content (AvgIpc) is 2.69. The summed E-state index contributed by atoms with van der Waals surface area (Å²) in [4.78, 5) is 3.49. The summed E-state index contributed by atoms with van der Waals surface area (Å²) >= 11 is 3.11. The van der Waals surface area contributed by atoms with Crippen LogP contribution in [0, 0.1) is 0 Å². The minimum absolute atomic E-state index is 0.101. The van der Waals surface area contributed by atoms with E-state index in [2.05, 4.69) is 36.3 Å². The van der Waals surface area contributed by atoms with Crippen molar-refractivity contribution in [3.63, 3.8) is 0 Å². The number of halogens is 4. The lowest BCUT2D eigenvalue weighted by Gasteiger charge is -2.07. The lowest BCUT2D eigenvalue weighted by Crippen LogP contribution is -2.08. The molecular weight excluding hydrogens is 289 g/mol. The molecular formula is C8H4BrF3N4. The van der Waals surface area contributed by atoms with Crippen molar-refractivity contribution < 1.29 is 13.2 Å². The summed E-state index contributed by atoms with van der Waals surface area (Å²) in [6.07, 6.45) is -3.17. The molecule has 8 heteroatoms. The smallest absolute Gasteiger partial charge is 0.240 e. The fourth-order valence-corrected chi connectivity index (χ4v) is 1.52. The third-order valence-electron chi connectivity index (χ3n) is 1.79. The SMILES string of the molecule is FC(F)(F)c1ccc(Br)c(-c2cn[nH]n2)n1. The van der Waals surface area contributed by atoms with Crippen LogP contribution in [0.3, 0.4) is 0 Å².